The predicted octanol–water partition coefficient (Wildman–Crippen LogP) is 5.14. The second-order valence-corrected chi connectivity index (χ2v) is 10.1. The number of aromatic nitrogens is 3. The minimum Gasteiger partial charge on any atom is -0.348 e. The number of carbonyl (C=O) groups excluding carboxylic acids is 2. The van der Waals surface area contributed by atoms with Gasteiger partial charge in [0.05, 0.1) is 11.7 Å². The Hall–Kier alpha value is -4.26. The van der Waals surface area contributed by atoms with E-state index < -0.39 is 0 Å². The van der Waals surface area contributed by atoms with Crippen LogP contribution in [0.4, 0.5) is 0 Å². The zero-order chi connectivity index (χ0) is 25.4. The lowest BCUT2D eigenvalue weighted by molar-refractivity contribution is 0.0529. The molecule has 1 aliphatic heterocycles. The first-order valence-electron chi connectivity index (χ1n) is 12.8. The predicted molar refractivity (Wildman–Crippen MR) is 141 cm³/mol. The van der Waals surface area contributed by atoms with Gasteiger partial charge in [-0.3, -0.25) is 19.7 Å². The van der Waals surface area contributed by atoms with E-state index in [2.05, 4.69) is 32.6 Å². The van der Waals surface area contributed by atoms with E-state index in [-0.39, 0.29) is 17.4 Å². The van der Waals surface area contributed by atoms with Crippen molar-refractivity contribution in [3.8, 4) is 11.1 Å². The average molecular weight is 492 g/mol. The number of amides is 2. The second kappa shape index (κ2) is 9.32. The van der Waals surface area contributed by atoms with Crippen LogP contribution in [0, 0.1) is 6.92 Å². The molecule has 2 N–H and O–H groups in total. The van der Waals surface area contributed by atoms with Gasteiger partial charge in [-0.05, 0) is 71.8 Å². The molecule has 1 aliphatic carbocycles. The molecule has 186 valence electrons. The molecule has 1 spiro atoms. The molecule has 2 aromatic carbocycles. The van der Waals surface area contributed by atoms with E-state index in [1.54, 1.807) is 18.6 Å². The number of rotatable bonds is 6. The van der Waals surface area contributed by atoms with Crippen molar-refractivity contribution < 1.29 is 9.59 Å². The van der Waals surface area contributed by atoms with E-state index in [0.29, 0.717) is 18.7 Å². The molecule has 2 amide bonds. The number of H-pyrrole nitrogens is 1. The summed E-state index contributed by atoms with van der Waals surface area (Å²) in [5, 5.41) is 9.92. The normalized spacial score (nSPS) is 15.8. The van der Waals surface area contributed by atoms with E-state index in [9.17, 15) is 9.59 Å². The number of hydrogen-bond acceptors (Lipinski definition) is 4. The van der Waals surface area contributed by atoms with E-state index in [1.807, 2.05) is 54.4 Å². The van der Waals surface area contributed by atoms with Gasteiger partial charge in [-0.1, -0.05) is 37.1 Å². The Kier molecular flexibility index (Phi) is 5.83. The van der Waals surface area contributed by atoms with Gasteiger partial charge < -0.3 is 10.2 Å². The molecule has 1 fully saturated rings. The minimum absolute atomic E-state index is 0.0604. The van der Waals surface area contributed by atoms with Crippen molar-refractivity contribution in [3.05, 3.63) is 107 Å². The first-order chi connectivity index (χ1) is 18.0. The number of pyridine rings is 1. The average Bonchev–Trinajstić information content (AvgIpc) is 3.67. The smallest absolute Gasteiger partial charge is 0.255 e. The van der Waals surface area contributed by atoms with Crippen molar-refractivity contribution in [2.75, 3.05) is 0 Å². The van der Waals surface area contributed by atoms with Crippen LogP contribution in [0.3, 0.4) is 0 Å². The monoisotopic (exact) mass is 491 g/mol. The van der Waals surface area contributed by atoms with Gasteiger partial charge >= 0.3 is 0 Å². The molecular weight excluding hydrogens is 462 g/mol. The largest absolute Gasteiger partial charge is 0.348 e. The zero-order valence-electron chi connectivity index (χ0n) is 20.8. The lowest BCUT2D eigenvalue weighted by atomic mass is 9.86. The highest BCUT2D eigenvalue weighted by molar-refractivity contribution is 6.01. The van der Waals surface area contributed by atoms with Crippen LogP contribution in [-0.4, -0.2) is 31.9 Å². The van der Waals surface area contributed by atoms with Crippen molar-refractivity contribution in [2.24, 2.45) is 0 Å². The van der Waals surface area contributed by atoms with E-state index in [4.69, 9.17) is 0 Å². The number of fused-ring (bicyclic) bond motifs is 2. The van der Waals surface area contributed by atoms with Gasteiger partial charge in [0.25, 0.3) is 11.8 Å². The summed E-state index contributed by atoms with van der Waals surface area (Å²) in [5.41, 5.74) is 7.21. The van der Waals surface area contributed by atoms with Gasteiger partial charge in [0.2, 0.25) is 0 Å². The highest BCUT2D eigenvalue weighted by Crippen LogP contribution is 2.51. The Bertz CT molecular complexity index is 1470. The van der Waals surface area contributed by atoms with Crippen molar-refractivity contribution in [1.29, 1.82) is 0 Å². The van der Waals surface area contributed by atoms with E-state index >= 15 is 0 Å². The number of benzene rings is 2. The summed E-state index contributed by atoms with van der Waals surface area (Å²) in [6.07, 6.45) is 11.3. The number of aryl methyl sites for hydroxylation is 1. The third-order valence-corrected chi connectivity index (χ3v) is 7.88. The molecule has 3 heterocycles. The maximum absolute atomic E-state index is 13.8. The standard InChI is InChI=1S/C30H29N5O2/c1-20-15-31-12-9-24(20)16-32-28(36)23-6-4-5-21(13-23)19-35-29(37)26-14-22(25-17-33-34-18-25)7-8-27(26)30(35)10-2-3-11-30/h4-9,12-15,17-18H,2-3,10-11,16,19H2,1H3,(H,32,36)(H,33,34). The Balaban J connectivity index is 1.25. The van der Waals surface area contributed by atoms with Gasteiger partial charge in [-0.25, -0.2) is 0 Å². The molecule has 2 aliphatic rings. The summed E-state index contributed by atoms with van der Waals surface area (Å²) in [7, 11) is 0. The third-order valence-electron chi connectivity index (χ3n) is 7.88. The maximum Gasteiger partial charge on any atom is 0.255 e. The number of nitrogens with zero attached hydrogens (tertiary/aromatic N) is 3. The third kappa shape index (κ3) is 4.10. The number of hydrogen-bond donors (Lipinski definition) is 2. The summed E-state index contributed by atoms with van der Waals surface area (Å²) in [6.45, 7) is 2.90. The van der Waals surface area contributed by atoms with Crippen molar-refractivity contribution in [1.82, 2.24) is 25.4 Å². The summed E-state index contributed by atoms with van der Waals surface area (Å²) >= 11 is 0. The molecule has 0 saturated heterocycles. The Morgan fingerprint density at radius 1 is 1.08 bits per heavy atom. The zero-order valence-corrected chi connectivity index (χ0v) is 20.8. The van der Waals surface area contributed by atoms with Gasteiger partial charge in [0.1, 0.15) is 0 Å². The lowest BCUT2D eigenvalue weighted by Crippen LogP contribution is -2.41. The van der Waals surface area contributed by atoms with E-state index in [1.165, 1.54) is 0 Å². The fourth-order valence-electron chi connectivity index (χ4n) is 5.89. The lowest BCUT2D eigenvalue weighted by Gasteiger charge is -2.36. The van der Waals surface area contributed by atoms with Crippen LogP contribution in [-0.2, 0) is 18.6 Å². The van der Waals surface area contributed by atoms with Crippen molar-refractivity contribution in [3.63, 3.8) is 0 Å². The summed E-state index contributed by atoms with van der Waals surface area (Å²) < 4.78 is 0. The summed E-state index contributed by atoms with van der Waals surface area (Å²) in [5.74, 6) is -0.0697. The van der Waals surface area contributed by atoms with Crippen molar-refractivity contribution in [2.45, 2.75) is 51.2 Å². The van der Waals surface area contributed by atoms with Crippen LogP contribution >= 0.6 is 0 Å². The van der Waals surface area contributed by atoms with Crippen LogP contribution in [0.25, 0.3) is 11.1 Å². The van der Waals surface area contributed by atoms with Crippen LogP contribution in [0.5, 0.6) is 0 Å². The first kappa shape index (κ1) is 23.2. The second-order valence-electron chi connectivity index (χ2n) is 10.1. The van der Waals surface area contributed by atoms with Crippen LogP contribution < -0.4 is 5.32 Å². The molecular formula is C30H29N5O2. The number of aromatic amines is 1. The molecule has 0 unspecified atom stereocenters. The number of carbonyl (C=O) groups is 2. The topological polar surface area (TPSA) is 91.0 Å². The Morgan fingerprint density at radius 3 is 2.73 bits per heavy atom. The highest BCUT2D eigenvalue weighted by Gasteiger charge is 2.50. The molecule has 0 atom stereocenters. The van der Waals surface area contributed by atoms with Gasteiger partial charge in [-0.2, -0.15) is 5.10 Å². The van der Waals surface area contributed by atoms with Gasteiger partial charge in [0.15, 0.2) is 0 Å². The first-order valence-corrected chi connectivity index (χ1v) is 12.8. The van der Waals surface area contributed by atoms with Crippen LogP contribution in [0.1, 0.15) is 68.7 Å². The van der Waals surface area contributed by atoms with Crippen LogP contribution in [0.2, 0.25) is 0 Å². The molecule has 7 nitrogen and oxygen atoms in total. The minimum atomic E-state index is -0.279. The quantitative estimate of drug-likeness (QED) is 0.391. The molecule has 7 heteroatoms. The fourth-order valence-corrected chi connectivity index (χ4v) is 5.89. The molecule has 1 saturated carbocycles. The summed E-state index contributed by atoms with van der Waals surface area (Å²) in [6, 6.07) is 15.8. The molecule has 6 rings (SSSR count). The van der Waals surface area contributed by atoms with Gasteiger partial charge in [0, 0.05) is 48.4 Å². The maximum atomic E-state index is 13.8. The molecule has 0 bridgehead atoms. The fraction of sp³-hybridized carbons (Fsp3) is 0.267. The Morgan fingerprint density at radius 2 is 1.95 bits per heavy atom. The SMILES string of the molecule is Cc1cnccc1CNC(=O)c1cccc(CN2C(=O)c3cc(-c4cn[nH]c4)ccc3C23CCCC3)c1. The summed E-state index contributed by atoms with van der Waals surface area (Å²) in [4.78, 5) is 32.9. The molecule has 37 heavy (non-hydrogen) atoms. The van der Waals surface area contributed by atoms with Crippen molar-refractivity contribution >= 4 is 11.8 Å². The number of nitrogens with one attached hydrogen (secondary N) is 2. The molecule has 2 aromatic heterocycles. The Labute approximate surface area is 215 Å². The van der Waals surface area contributed by atoms with E-state index in [0.717, 1.165) is 64.6 Å². The highest BCUT2D eigenvalue weighted by atomic mass is 16.2. The van der Waals surface area contributed by atoms with Crippen LogP contribution in [0.15, 0.2) is 73.3 Å². The van der Waals surface area contributed by atoms with Gasteiger partial charge in [-0.15, -0.1) is 0 Å². The molecule has 4 aromatic rings. The molecule has 0 radical (unpaired) electrons.